The molecule has 6 heteroatoms. The third-order valence-corrected chi connectivity index (χ3v) is 2.83. The summed E-state index contributed by atoms with van der Waals surface area (Å²) in [5.41, 5.74) is 1.09. The van der Waals surface area contributed by atoms with Crippen molar-refractivity contribution >= 4 is 10.2 Å². The highest BCUT2D eigenvalue weighted by molar-refractivity contribution is 7.87. The van der Waals surface area contributed by atoms with Crippen LogP contribution in [-0.2, 0) is 10.2 Å². The number of aryl methyl sites for hydroxylation is 1. The van der Waals surface area contributed by atoms with Gasteiger partial charge in [0.25, 0.3) is 10.2 Å². The molecule has 0 unspecified atom stereocenters. The predicted octanol–water partition coefficient (Wildman–Crippen LogP) is 0.946. The molecule has 3 N–H and O–H groups in total. The van der Waals surface area contributed by atoms with Gasteiger partial charge in [0, 0.05) is 6.54 Å². The number of hydrogen-bond acceptors (Lipinski definition) is 3. The second kappa shape index (κ2) is 6.00. The van der Waals surface area contributed by atoms with E-state index in [2.05, 4.69) is 4.72 Å². The van der Waals surface area contributed by atoms with Gasteiger partial charge in [-0.1, -0.05) is 19.1 Å². The molecular formula is C11H18N2O3S. The molecule has 0 radical (unpaired) electrons. The van der Waals surface area contributed by atoms with Crippen molar-refractivity contribution in [1.82, 2.24) is 4.72 Å². The van der Waals surface area contributed by atoms with Crippen LogP contribution in [0.2, 0.25) is 0 Å². The topological polar surface area (TPSA) is 81.4 Å². The van der Waals surface area contributed by atoms with Crippen molar-refractivity contribution in [1.29, 1.82) is 0 Å². The number of hydrogen-bond donors (Lipinski definition) is 2. The molecule has 0 fully saturated rings. The van der Waals surface area contributed by atoms with Crippen LogP contribution in [0.25, 0.3) is 0 Å². The summed E-state index contributed by atoms with van der Waals surface area (Å²) in [5.74, 6) is 0.730. The molecule has 96 valence electrons. The van der Waals surface area contributed by atoms with Gasteiger partial charge in [0.2, 0.25) is 0 Å². The standard InChI is InChI=1S/C11H18N2O3S/c1-3-10(8-13-17(12,14)15)16-11-6-4-5-9(2)7-11/h4-7,10,13H,3,8H2,1-2H3,(H2,12,14,15)/t10-/m1/s1. The summed E-state index contributed by atoms with van der Waals surface area (Å²) in [7, 11) is -3.66. The van der Waals surface area contributed by atoms with Gasteiger partial charge in [-0.25, -0.2) is 5.14 Å². The summed E-state index contributed by atoms with van der Waals surface area (Å²) in [6.45, 7) is 4.06. The van der Waals surface area contributed by atoms with Gasteiger partial charge in [-0.2, -0.15) is 13.1 Å². The van der Waals surface area contributed by atoms with Crippen molar-refractivity contribution in [3.8, 4) is 5.75 Å². The second-order valence-electron chi connectivity index (χ2n) is 3.86. The SMILES string of the molecule is CC[C@H](CNS(N)(=O)=O)Oc1cccc(C)c1. The zero-order valence-corrected chi connectivity index (χ0v) is 10.8. The Balaban J connectivity index is 2.58. The first-order valence-electron chi connectivity index (χ1n) is 5.41. The summed E-state index contributed by atoms with van der Waals surface area (Å²) in [6.07, 6.45) is 0.464. The summed E-state index contributed by atoms with van der Waals surface area (Å²) >= 11 is 0. The van der Waals surface area contributed by atoms with Crippen LogP contribution in [0.3, 0.4) is 0 Å². The molecule has 1 atom stereocenters. The quantitative estimate of drug-likeness (QED) is 0.797. The molecule has 0 aliphatic rings. The molecule has 0 heterocycles. The molecule has 5 nitrogen and oxygen atoms in total. The predicted molar refractivity (Wildman–Crippen MR) is 67.0 cm³/mol. The highest BCUT2D eigenvalue weighted by Crippen LogP contribution is 2.15. The van der Waals surface area contributed by atoms with Crippen molar-refractivity contribution in [2.75, 3.05) is 6.54 Å². The van der Waals surface area contributed by atoms with Crippen LogP contribution >= 0.6 is 0 Å². The number of nitrogens with one attached hydrogen (secondary N) is 1. The Hall–Kier alpha value is -1.11. The van der Waals surface area contributed by atoms with E-state index in [-0.39, 0.29) is 12.6 Å². The highest BCUT2D eigenvalue weighted by Gasteiger charge is 2.11. The van der Waals surface area contributed by atoms with Crippen molar-refractivity contribution in [3.05, 3.63) is 29.8 Å². The number of ether oxygens (including phenoxy) is 1. The first-order valence-corrected chi connectivity index (χ1v) is 6.96. The average molecular weight is 258 g/mol. The Labute approximate surface area is 102 Å². The maximum Gasteiger partial charge on any atom is 0.274 e. The van der Waals surface area contributed by atoms with Gasteiger partial charge in [0.05, 0.1) is 0 Å². The zero-order chi connectivity index (χ0) is 12.9. The van der Waals surface area contributed by atoms with Gasteiger partial charge in [0.1, 0.15) is 11.9 Å². The molecule has 0 amide bonds. The Bertz CT molecular complexity index is 460. The molecule has 1 rings (SSSR count). The third kappa shape index (κ3) is 5.67. The van der Waals surface area contributed by atoms with Gasteiger partial charge in [0.15, 0.2) is 0 Å². The van der Waals surface area contributed by atoms with Crippen molar-refractivity contribution in [3.63, 3.8) is 0 Å². The van der Waals surface area contributed by atoms with Crippen LogP contribution in [0.15, 0.2) is 24.3 Å². The van der Waals surface area contributed by atoms with E-state index in [0.29, 0.717) is 6.42 Å². The first-order chi connectivity index (χ1) is 7.90. The van der Waals surface area contributed by atoms with E-state index in [1.165, 1.54) is 0 Å². The lowest BCUT2D eigenvalue weighted by Crippen LogP contribution is -2.38. The van der Waals surface area contributed by atoms with Gasteiger partial charge < -0.3 is 4.74 Å². The molecule has 0 aliphatic carbocycles. The first kappa shape index (κ1) is 14.0. The van der Waals surface area contributed by atoms with Gasteiger partial charge in [-0.15, -0.1) is 0 Å². The molecule has 0 aliphatic heterocycles. The Morgan fingerprint density at radius 1 is 1.47 bits per heavy atom. The lowest BCUT2D eigenvalue weighted by atomic mass is 10.2. The van der Waals surface area contributed by atoms with Crippen LogP contribution in [0, 0.1) is 6.92 Å². The molecule has 0 saturated heterocycles. The van der Waals surface area contributed by atoms with Crippen LogP contribution in [0.5, 0.6) is 5.75 Å². The Kier molecular flexibility index (Phi) is 4.92. The molecule has 1 aromatic rings. The number of nitrogens with two attached hydrogens (primary N) is 1. The molecule has 17 heavy (non-hydrogen) atoms. The number of rotatable bonds is 6. The number of benzene rings is 1. The average Bonchev–Trinajstić information content (AvgIpc) is 2.23. The van der Waals surface area contributed by atoms with Crippen molar-refractivity contribution in [2.24, 2.45) is 5.14 Å². The smallest absolute Gasteiger partial charge is 0.274 e. The van der Waals surface area contributed by atoms with Crippen molar-refractivity contribution < 1.29 is 13.2 Å². The van der Waals surface area contributed by atoms with Crippen LogP contribution in [0.1, 0.15) is 18.9 Å². The fraction of sp³-hybridized carbons (Fsp3) is 0.455. The molecule has 0 spiro atoms. The summed E-state index contributed by atoms with van der Waals surface area (Å²) < 4.78 is 29.4. The van der Waals surface area contributed by atoms with E-state index in [1.54, 1.807) is 0 Å². The van der Waals surface area contributed by atoms with Crippen molar-refractivity contribution in [2.45, 2.75) is 26.4 Å². The molecular weight excluding hydrogens is 240 g/mol. The normalized spacial score (nSPS) is 13.4. The zero-order valence-electron chi connectivity index (χ0n) is 10.0. The van der Waals surface area contributed by atoms with Gasteiger partial charge >= 0.3 is 0 Å². The summed E-state index contributed by atoms with van der Waals surface area (Å²) in [4.78, 5) is 0. The van der Waals surface area contributed by atoms with E-state index < -0.39 is 10.2 Å². The lowest BCUT2D eigenvalue weighted by molar-refractivity contribution is 0.200. The Morgan fingerprint density at radius 3 is 2.71 bits per heavy atom. The molecule has 0 aromatic heterocycles. The maximum atomic E-state index is 10.8. The van der Waals surface area contributed by atoms with E-state index in [1.807, 2.05) is 38.1 Å². The fourth-order valence-corrected chi connectivity index (χ4v) is 1.78. The van der Waals surface area contributed by atoms with Gasteiger partial charge in [-0.05, 0) is 31.0 Å². The summed E-state index contributed by atoms with van der Waals surface area (Å²) in [6, 6.07) is 7.60. The minimum atomic E-state index is -3.66. The third-order valence-electron chi connectivity index (χ3n) is 2.26. The lowest BCUT2D eigenvalue weighted by Gasteiger charge is -2.17. The fourth-order valence-electron chi connectivity index (χ4n) is 1.36. The van der Waals surface area contributed by atoms with Gasteiger partial charge in [-0.3, -0.25) is 0 Å². The van der Waals surface area contributed by atoms with E-state index >= 15 is 0 Å². The maximum absolute atomic E-state index is 10.8. The molecule has 1 aromatic carbocycles. The summed E-state index contributed by atoms with van der Waals surface area (Å²) in [5, 5.41) is 4.86. The second-order valence-corrected chi connectivity index (χ2v) is 5.24. The molecule has 0 saturated carbocycles. The van der Waals surface area contributed by atoms with E-state index in [0.717, 1.165) is 11.3 Å². The largest absolute Gasteiger partial charge is 0.489 e. The minimum absolute atomic E-state index is 0.170. The monoisotopic (exact) mass is 258 g/mol. The molecule has 0 bridgehead atoms. The van der Waals surface area contributed by atoms with E-state index in [9.17, 15) is 8.42 Å². The van der Waals surface area contributed by atoms with Crippen LogP contribution < -0.4 is 14.6 Å². The van der Waals surface area contributed by atoms with Crippen LogP contribution in [0.4, 0.5) is 0 Å². The minimum Gasteiger partial charge on any atom is -0.489 e. The van der Waals surface area contributed by atoms with Crippen LogP contribution in [-0.4, -0.2) is 21.1 Å². The Morgan fingerprint density at radius 2 is 2.18 bits per heavy atom. The van der Waals surface area contributed by atoms with E-state index in [4.69, 9.17) is 9.88 Å². The highest BCUT2D eigenvalue weighted by atomic mass is 32.2.